The summed E-state index contributed by atoms with van der Waals surface area (Å²) in [4.78, 5) is 35.2. The Kier molecular flexibility index (Phi) is 9.32. The summed E-state index contributed by atoms with van der Waals surface area (Å²) in [6.45, 7) is 2.80. The van der Waals surface area contributed by atoms with Crippen LogP contribution >= 0.6 is 11.6 Å². The van der Waals surface area contributed by atoms with Crippen molar-refractivity contribution >= 4 is 35.1 Å². The van der Waals surface area contributed by atoms with Crippen molar-refractivity contribution in [3.05, 3.63) is 65.2 Å². The standard InChI is InChI=1S/C38H41ClF6N10O3/c1-33(2,37(40,41)42)19-36(34(3)12-10-21(11-13-34)27-17-48-55(52-27)24-7-8-24)30(56)53(31(46)50-36)28(18-58-32(57)51-35(14-15-35)38(43,44)45)22-4-9-26(39)25(16-22)29-47-20-49-54(29)23-5-6-23/h4,9-12,16-17,20,23-24,28H,5-8,13-15,18-19H2,1-3H3,(H2,46,50)(H,51,57)/t28-,34?,36+/m1/s1. The largest absolute Gasteiger partial charge is 0.447 e. The van der Waals surface area contributed by atoms with Crippen LogP contribution in [-0.4, -0.2) is 82.7 Å². The summed E-state index contributed by atoms with van der Waals surface area (Å²) in [7, 11) is 0. The number of halogens is 7. The molecule has 3 heterocycles. The van der Waals surface area contributed by atoms with Gasteiger partial charge in [0.15, 0.2) is 11.8 Å². The second-order valence-electron chi connectivity index (χ2n) is 16.8. The van der Waals surface area contributed by atoms with Crippen LogP contribution < -0.4 is 10.6 Å². The van der Waals surface area contributed by atoms with E-state index in [1.807, 2.05) is 5.32 Å². The molecule has 4 fully saturated rings. The summed E-state index contributed by atoms with van der Waals surface area (Å²) < 4.78 is 92.7. The van der Waals surface area contributed by atoms with Crippen LogP contribution in [0.5, 0.6) is 0 Å². The predicted molar refractivity (Wildman–Crippen MR) is 197 cm³/mol. The van der Waals surface area contributed by atoms with Crippen molar-refractivity contribution in [2.45, 2.75) is 114 Å². The molecule has 0 radical (unpaired) electrons. The Hall–Kier alpha value is -4.94. The molecule has 1 aliphatic heterocycles. The number of ether oxygens (including phenoxy) is 1. The van der Waals surface area contributed by atoms with Crippen molar-refractivity contribution in [1.29, 1.82) is 5.41 Å². The number of hydrogen-bond acceptors (Lipinski definition) is 8. The van der Waals surface area contributed by atoms with Crippen LogP contribution in [0.1, 0.15) is 102 Å². The third kappa shape index (κ3) is 6.91. The molecule has 2 amide bonds. The number of nitrogens with zero attached hydrogens (tertiary/aromatic N) is 7. The molecule has 1 saturated heterocycles. The van der Waals surface area contributed by atoms with E-state index in [2.05, 4.69) is 25.6 Å². The lowest BCUT2D eigenvalue weighted by molar-refractivity contribution is -0.221. The highest BCUT2D eigenvalue weighted by Crippen LogP contribution is 2.54. The molecule has 3 saturated carbocycles. The van der Waals surface area contributed by atoms with Gasteiger partial charge in [0.05, 0.1) is 34.8 Å². The lowest BCUT2D eigenvalue weighted by Gasteiger charge is -2.47. The molecule has 20 heteroatoms. The van der Waals surface area contributed by atoms with Gasteiger partial charge in [0.25, 0.3) is 5.91 Å². The number of carbonyl (C=O) groups excluding carboxylic acids is 2. The molecule has 58 heavy (non-hydrogen) atoms. The number of alkyl carbamates (subject to hydrolysis) is 1. The molecule has 0 spiro atoms. The molecule has 2 aromatic heterocycles. The molecule has 3 atom stereocenters. The van der Waals surface area contributed by atoms with Crippen molar-refractivity contribution in [3.63, 3.8) is 0 Å². The minimum absolute atomic E-state index is 0.0495. The first-order valence-electron chi connectivity index (χ1n) is 19.0. The average Bonchev–Trinajstić information content (AvgIpc) is 4.11. The Bertz CT molecular complexity index is 2220. The van der Waals surface area contributed by atoms with Gasteiger partial charge in [0, 0.05) is 11.0 Å². The van der Waals surface area contributed by atoms with Gasteiger partial charge in [-0.05, 0) is 74.6 Å². The molecule has 1 aromatic carbocycles. The monoisotopic (exact) mass is 834 g/mol. The number of hydrogen-bond donors (Lipinski definition) is 3. The van der Waals surface area contributed by atoms with Gasteiger partial charge in [-0.1, -0.05) is 56.7 Å². The molecule has 310 valence electrons. The average molecular weight is 835 g/mol. The molecule has 4 aliphatic carbocycles. The number of amides is 2. The fourth-order valence-electron chi connectivity index (χ4n) is 7.78. The predicted octanol–water partition coefficient (Wildman–Crippen LogP) is 7.86. The molecule has 1 unspecified atom stereocenters. The first-order valence-corrected chi connectivity index (χ1v) is 19.4. The van der Waals surface area contributed by atoms with Gasteiger partial charge >= 0.3 is 18.4 Å². The van der Waals surface area contributed by atoms with E-state index in [4.69, 9.17) is 16.3 Å². The van der Waals surface area contributed by atoms with Crippen LogP contribution in [0.2, 0.25) is 5.02 Å². The number of benzene rings is 1. The summed E-state index contributed by atoms with van der Waals surface area (Å²) in [6.07, 6.45) is -0.766. The summed E-state index contributed by atoms with van der Waals surface area (Å²) in [6, 6.07) is 3.38. The van der Waals surface area contributed by atoms with E-state index in [1.54, 1.807) is 46.9 Å². The topological polar surface area (TPSA) is 156 Å². The lowest BCUT2D eigenvalue weighted by Crippen LogP contribution is -2.62. The maximum Gasteiger partial charge on any atom is 0.411 e. The summed E-state index contributed by atoms with van der Waals surface area (Å²) in [5.41, 5.74) is -6.64. The van der Waals surface area contributed by atoms with Gasteiger partial charge < -0.3 is 15.4 Å². The molecule has 13 nitrogen and oxygen atoms in total. The second-order valence-corrected chi connectivity index (χ2v) is 17.2. The maximum atomic E-state index is 15.3. The molecule has 0 bridgehead atoms. The molecular weight excluding hydrogens is 794 g/mol. The Morgan fingerprint density at radius 3 is 2.41 bits per heavy atom. The van der Waals surface area contributed by atoms with Crippen molar-refractivity contribution in [3.8, 4) is 11.4 Å². The fourth-order valence-corrected chi connectivity index (χ4v) is 7.98. The number of carbonyl (C=O) groups is 2. The SMILES string of the molecule is CC(C)(C[C@]1(C2(C)C=CC(c3cnn(C4CC4)n3)=CC2)NC(=N)N([C@H](COC(=O)NC2(C(F)(F)F)CC2)c2ccc(Cl)c(-c3ncnn3C3CC3)c2)C1=O)C(F)(F)F. The van der Waals surface area contributed by atoms with Crippen molar-refractivity contribution in [2.75, 3.05) is 6.61 Å². The van der Waals surface area contributed by atoms with Gasteiger partial charge in [0.2, 0.25) is 0 Å². The summed E-state index contributed by atoms with van der Waals surface area (Å²) >= 11 is 6.67. The second kappa shape index (κ2) is 13.6. The van der Waals surface area contributed by atoms with E-state index < -0.39 is 71.3 Å². The van der Waals surface area contributed by atoms with Crippen LogP contribution in [0, 0.1) is 16.2 Å². The minimum Gasteiger partial charge on any atom is -0.447 e. The smallest absolute Gasteiger partial charge is 0.411 e. The highest BCUT2D eigenvalue weighted by atomic mass is 35.5. The number of alkyl halides is 6. The highest BCUT2D eigenvalue weighted by Gasteiger charge is 2.66. The Labute approximate surface area is 333 Å². The number of guanidine groups is 1. The van der Waals surface area contributed by atoms with Crippen molar-refractivity contribution in [1.82, 2.24) is 45.3 Å². The summed E-state index contributed by atoms with van der Waals surface area (Å²) in [5.74, 6) is -1.14. The Morgan fingerprint density at radius 2 is 1.81 bits per heavy atom. The molecule has 3 N–H and O–H groups in total. The first-order chi connectivity index (χ1) is 27.2. The first kappa shape index (κ1) is 39.9. The number of nitrogens with one attached hydrogen (secondary N) is 3. The third-order valence-corrected chi connectivity index (χ3v) is 12.4. The fraction of sp³-hybridized carbons (Fsp3) is 0.553. The van der Waals surface area contributed by atoms with E-state index in [9.17, 15) is 36.5 Å². The van der Waals surface area contributed by atoms with E-state index in [0.717, 1.165) is 44.4 Å². The Morgan fingerprint density at radius 1 is 1.10 bits per heavy atom. The van der Waals surface area contributed by atoms with Gasteiger partial charge in [-0.15, -0.1) is 0 Å². The zero-order valence-electron chi connectivity index (χ0n) is 31.7. The van der Waals surface area contributed by atoms with E-state index in [1.165, 1.54) is 18.5 Å². The number of rotatable bonds is 12. The van der Waals surface area contributed by atoms with Crippen molar-refractivity contribution in [2.24, 2.45) is 10.8 Å². The van der Waals surface area contributed by atoms with E-state index in [0.29, 0.717) is 22.7 Å². The van der Waals surface area contributed by atoms with Crippen molar-refractivity contribution < 1.29 is 40.7 Å². The zero-order chi connectivity index (χ0) is 41.6. The highest BCUT2D eigenvalue weighted by molar-refractivity contribution is 6.33. The quantitative estimate of drug-likeness (QED) is 0.156. The minimum atomic E-state index is -4.78. The lowest BCUT2D eigenvalue weighted by atomic mass is 9.60. The number of allylic oxidation sites excluding steroid dienone is 3. The number of aromatic nitrogens is 6. The van der Waals surface area contributed by atoms with E-state index in [-0.39, 0.29) is 41.9 Å². The molecule has 3 aromatic rings. The van der Waals surface area contributed by atoms with Gasteiger partial charge in [-0.2, -0.15) is 46.4 Å². The van der Waals surface area contributed by atoms with Gasteiger partial charge in [-0.25, -0.2) is 14.5 Å². The van der Waals surface area contributed by atoms with Crippen LogP contribution in [0.25, 0.3) is 17.0 Å². The van der Waals surface area contributed by atoms with Crippen LogP contribution in [0.15, 0.2) is 49.0 Å². The van der Waals surface area contributed by atoms with Crippen LogP contribution in [0.3, 0.4) is 0 Å². The maximum absolute atomic E-state index is 15.3. The molecule has 5 aliphatic rings. The normalized spacial score (nSPS) is 25.1. The van der Waals surface area contributed by atoms with Gasteiger partial charge in [0.1, 0.15) is 29.7 Å². The van der Waals surface area contributed by atoms with E-state index >= 15 is 4.79 Å². The molecular formula is C38H41ClF6N10O3. The van der Waals surface area contributed by atoms with Crippen LogP contribution in [-0.2, 0) is 9.53 Å². The van der Waals surface area contributed by atoms with Gasteiger partial charge in [-0.3, -0.25) is 15.1 Å². The third-order valence-electron chi connectivity index (χ3n) is 12.1. The Balaban J connectivity index is 1.17. The zero-order valence-corrected chi connectivity index (χ0v) is 32.5. The van der Waals surface area contributed by atoms with Crippen LogP contribution in [0.4, 0.5) is 31.1 Å². The molecule has 8 rings (SSSR count). The summed E-state index contributed by atoms with van der Waals surface area (Å²) in [5, 5.41) is 27.4.